The maximum absolute atomic E-state index is 12.7. The lowest BCUT2D eigenvalue weighted by molar-refractivity contribution is -0.129. The summed E-state index contributed by atoms with van der Waals surface area (Å²) in [5.74, 6) is 0.376. The summed E-state index contributed by atoms with van der Waals surface area (Å²) in [5.41, 5.74) is 0.888. The fourth-order valence-corrected chi connectivity index (χ4v) is 4.02. The van der Waals surface area contributed by atoms with Crippen LogP contribution in [0.1, 0.15) is 31.2 Å². The summed E-state index contributed by atoms with van der Waals surface area (Å²) in [6, 6.07) is 8.10. The van der Waals surface area contributed by atoms with Crippen molar-refractivity contribution in [3.05, 3.63) is 29.3 Å². The van der Waals surface area contributed by atoms with Crippen molar-refractivity contribution in [2.75, 3.05) is 13.1 Å². The molecule has 1 aromatic carbocycles. The molecule has 0 amide bonds. The SMILES string of the molecule is CCC1(C(=O)Cc2nc3ccccc3s2)CCNCC1. The summed E-state index contributed by atoms with van der Waals surface area (Å²) in [7, 11) is 0. The van der Waals surface area contributed by atoms with E-state index in [1.807, 2.05) is 18.2 Å². The fourth-order valence-electron chi connectivity index (χ4n) is 3.06. The van der Waals surface area contributed by atoms with Crippen molar-refractivity contribution in [2.45, 2.75) is 32.6 Å². The summed E-state index contributed by atoms with van der Waals surface area (Å²) in [4.78, 5) is 17.3. The van der Waals surface area contributed by atoms with Crippen LogP contribution in [0.5, 0.6) is 0 Å². The van der Waals surface area contributed by atoms with Crippen LogP contribution in [0, 0.1) is 5.41 Å². The standard InChI is InChI=1S/C16H20N2OS/c1-2-16(7-9-17-10-8-16)14(19)11-15-18-12-5-3-4-6-13(12)20-15/h3-6,17H,2,7-11H2,1H3. The van der Waals surface area contributed by atoms with Gasteiger partial charge >= 0.3 is 0 Å². The van der Waals surface area contributed by atoms with Crippen LogP contribution >= 0.6 is 11.3 Å². The summed E-state index contributed by atoms with van der Waals surface area (Å²) in [6.07, 6.45) is 3.37. The Morgan fingerprint density at radius 2 is 2.10 bits per heavy atom. The third-order valence-electron chi connectivity index (χ3n) is 4.48. The average Bonchev–Trinajstić information content (AvgIpc) is 2.90. The zero-order valence-electron chi connectivity index (χ0n) is 11.8. The molecule has 2 aromatic rings. The second-order valence-corrected chi connectivity index (χ2v) is 6.67. The molecule has 0 atom stereocenters. The van der Waals surface area contributed by atoms with Crippen LogP contribution in [0.3, 0.4) is 0 Å². The van der Waals surface area contributed by atoms with E-state index in [1.54, 1.807) is 11.3 Å². The van der Waals surface area contributed by atoms with E-state index in [0.717, 1.165) is 42.9 Å². The van der Waals surface area contributed by atoms with Crippen molar-refractivity contribution in [3.63, 3.8) is 0 Å². The topological polar surface area (TPSA) is 42.0 Å². The molecule has 4 heteroatoms. The Bertz CT molecular complexity index is 581. The summed E-state index contributed by atoms with van der Waals surface area (Å²) < 4.78 is 1.17. The van der Waals surface area contributed by atoms with Crippen molar-refractivity contribution in [1.29, 1.82) is 0 Å². The first-order valence-electron chi connectivity index (χ1n) is 7.32. The molecule has 106 valence electrons. The number of thiazole rings is 1. The number of piperidine rings is 1. The van der Waals surface area contributed by atoms with Gasteiger partial charge < -0.3 is 5.32 Å². The molecular weight excluding hydrogens is 268 g/mol. The van der Waals surface area contributed by atoms with Gasteiger partial charge in [-0.3, -0.25) is 4.79 Å². The van der Waals surface area contributed by atoms with E-state index in [-0.39, 0.29) is 5.41 Å². The van der Waals surface area contributed by atoms with Gasteiger partial charge in [0, 0.05) is 5.41 Å². The van der Waals surface area contributed by atoms with Gasteiger partial charge in [-0.15, -0.1) is 11.3 Å². The van der Waals surface area contributed by atoms with E-state index < -0.39 is 0 Å². The molecule has 0 unspecified atom stereocenters. The second kappa shape index (κ2) is 5.62. The molecule has 0 saturated carbocycles. The molecule has 1 saturated heterocycles. The van der Waals surface area contributed by atoms with Crippen LogP contribution in [-0.4, -0.2) is 23.9 Å². The minimum Gasteiger partial charge on any atom is -0.317 e. The molecule has 0 aliphatic carbocycles. The van der Waals surface area contributed by atoms with E-state index in [9.17, 15) is 4.79 Å². The number of Topliss-reactive ketones (excluding diaryl/α,β-unsaturated/α-hetero) is 1. The molecule has 1 N–H and O–H groups in total. The van der Waals surface area contributed by atoms with Crippen molar-refractivity contribution in [3.8, 4) is 0 Å². The van der Waals surface area contributed by atoms with Crippen LogP contribution in [0.2, 0.25) is 0 Å². The third-order valence-corrected chi connectivity index (χ3v) is 5.52. The molecule has 3 rings (SSSR count). The van der Waals surface area contributed by atoms with Gasteiger partial charge in [0.15, 0.2) is 0 Å². The molecule has 0 spiro atoms. The first kappa shape index (κ1) is 13.7. The number of ketones is 1. The van der Waals surface area contributed by atoms with Gasteiger partial charge in [0.05, 0.1) is 16.6 Å². The number of hydrogen-bond acceptors (Lipinski definition) is 4. The first-order chi connectivity index (χ1) is 9.73. The van der Waals surface area contributed by atoms with Crippen LogP contribution in [-0.2, 0) is 11.2 Å². The second-order valence-electron chi connectivity index (χ2n) is 5.56. The van der Waals surface area contributed by atoms with E-state index in [2.05, 4.69) is 23.3 Å². The molecule has 1 fully saturated rings. The summed E-state index contributed by atoms with van der Waals surface area (Å²) >= 11 is 1.65. The highest BCUT2D eigenvalue weighted by Gasteiger charge is 2.37. The highest BCUT2D eigenvalue weighted by molar-refractivity contribution is 7.18. The number of benzene rings is 1. The normalized spacial score (nSPS) is 18.2. The highest BCUT2D eigenvalue weighted by Crippen LogP contribution is 2.35. The van der Waals surface area contributed by atoms with Gasteiger partial charge in [-0.05, 0) is 44.5 Å². The van der Waals surface area contributed by atoms with Gasteiger partial charge in [-0.2, -0.15) is 0 Å². The fraction of sp³-hybridized carbons (Fsp3) is 0.500. The Morgan fingerprint density at radius 1 is 1.35 bits per heavy atom. The number of nitrogens with one attached hydrogen (secondary N) is 1. The lowest BCUT2D eigenvalue weighted by Crippen LogP contribution is -2.42. The predicted octanol–water partition coefficient (Wildman–Crippen LogP) is 3.19. The Labute approximate surface area is 123 Å². The Balaban J connectivity index is 1.80. The Kier molecular flexibility index (Phi) is 3.85. The minimum atomic E-state index is -0.122. The molecule has 20 heavy (non-hydrogen) atoms. The lowest BCUT2D eigenvalue weighted by atomic mass is 9.72. The predicted molar refractivity (Wildman–Crippen MR) is 83.2 cm³/mol. The number of aromatic nitrogens is 1. The molecule has 2 heterocycles. The van der Waals surface area contributed by atoms with Crippen molar-refractivity contribution >= 4 is 27.3 Å². The maximum atomic E-state index is 12.7. The maximum Gasteiger partial charge on any atom is 0.145 e. The Hall–Kier alpha value is -1.26. The van der Waals surface area contributed by atoms with E-state index >= 15 is 0 Å². The number of hydrogen-bond donors (Lipinski definition) is 1. The number of rotatable bonds is 4. The number of carbonyl (C=O) groups excluding carboxylic acids is 1. The molecule has 0 radical (unpaired) electrons. The molecule has 1 aliphatic heterocycles. The van der Waals surface area contributed by atoms with Crippen LogP contribution < -0.4 is 5.32 Å². The quantitative estimate of drug-likeness (QED) is 0.939. The van der Waals surface area contributed by atoms with Crippen LogP contribution in [0.4, 0.5) is 0 Å². The van der Waals surface area contributed by atoms with E-state index in [0.29, 0.717) is 12.2 Å². The number of fused-ring (bicyclic) bond motifs is 1. The van der Waals surface area contributed by atoms with Crippen molar-refractivity contribution in [2.24, 2.45) is 5.41 Å². The minimum absolute atomic E-state index is 0.122. The number of para-hydroxylation sites is 1. The zero-order chi connectivity index (χ0) is 14.0. The van der Waals surface area contributed by atoms with Crippen molar-refractivity contribution in [1.82, 2.24) is 10.3 Å². The largest absolute Gasteiger partial charge is 0.317 e. The highest BCUT2D eigenvalue weighted by atomic mass is 32.1. The van der Waals surface area contributed by atoms with Crippen molar-refractivity contribution < 1.29 is 4.79 Å². The molecular formula is C16H20N2OS. The van der Waals surface area contributed by atoms with Gasteiger partial charge in [0.2, 0.25) is 0 Å². The number of nitrogens with zero attached hydrogens (tertiary/aromatic N) is 1. The number of carbonyl (C=O) groups is 1. The lowest BCUT2D eigenvalue weighted by Gasteiger charge is -2.35. The smallest absolute Gasteiger partial charge is 0.145 e. The third kappa shape index (κ3) is 2.50. The summed E-state index contributed by atoms with van der Waals surface area (Å²) in [5, 5.41) is 4.31. The van der Waals surface area contributed by atoms with E-state index in [1.165, 1.54) is 4.70 Å². The van der Waals surface area contributed by atoms with Gasteiger partial charge in [0.1, 0.15) is 10.8 Å². The van der Waals surface area contributed by atoms with E-state index in [4.69, 9.17) is 0 Å². The molecule has 0 bridgehead atoms. The zero-order valence-corrected chi connectivity index (χ0v) is 12.6. The first-order valence-corrected chi connectivity index (χ1v) is 8.14. The summed E-state index contributed by atoms with van der Waals surface area (Å²) in [6.45, 7) is 4.06. The van der Waals surface area contributed by atoms with Crippen LogP contribution in [0.15, 0.2) is 24.3 Å². The van der Waals surface area contributed by atoms with Gasteiger partial charge in [-0.25, -0.2) is 4.98 Å². The monoisotopic (exact) mass is 288 g/mol. The Morgan fingerprint density at radius 3 is 2.80 bits per heavy atom. The van der Waals surface area contributed by atoms with Gasteiger partial charge in [0.25, 0.3) is 0 Å². The molecule has 1 aliphatic rings. The van der Waals surface area contributed by atoms with Gasteiger partial charge in [-0.1, -0.05) is 19.1 Å². The van der Waals surface area contributed by atoms with Crippen LogP contribution in [0.25, 0.3) is 10.2 Å². The molecule has 3 nitrogen and oxygen atoms in total. The average molecular weight is 288 g/mol. The molecule has 1 aromatic heterocycles.